The van der Waals surface area contributed by atoms with Crippen molar-refractivity contribution in [2.24, 2.45) is 0 Å². The summed E-state index contributed by atoms with van der Waals surface area (Å²) < 4.78 is 1.45. The molecule has 1 aromatic carbocycles. The fourth-order valence-electron chi connectivity index (χ4n) is 1.80. The van der Waals surface area contributed by atoms with Gasteiger partial charge in [-0.05, 0) is 17.0 Å². The highest BCUT2D eigenvalue weighted by Gasteiger charge is 2.07. The van der Waals surface area contributed by atoms with Crippen LogP contribution in [0.5, 0.6) is 0 Å². The Morgan fingerprint density at radius 1 is 1.32 bits per heavy atom. The lowest BCUT2D eigenvalue weighted by Gasteiger charge is -2.09. The van der Waals surface area contributed by atoms with Crippen molar-refractivity contribution >= 4 is 17.3 Å². The minimum Gasteiger partial charge on any atom is -0.392 e. The van der Waals surface area contributed by atoms with E-state index in [4.69, 9.17) is 17.3 Å². The lowest BCUT2D eigenvalue weighted by atomic mass is 10.0. The van der Waals surface area contributed by atoms with Gasteiger partial charge in [-0.3, -0.25) is 9.36 Å². The molecule has 0 saturated heterocycles. The number of hydrogen-bond donors (Lipinski definition) is 1. The number of aromatic nitrogens is 2. The molecule has 0 aliphatic rings. The van der Waals surface area contributed by atoms with Crippen molar-refractivity contribution in [1.82, 2.24) is 9.55 Å². The van der Waals surface area contributed by atoms with E-state index in [0.29, 0.717) is 12.5 Å². The van der Waals surface area contributed by atoms with Gasteiger partial charge in [-0.1, -0.05) is 49.7 Å². The van der Waals surface area contributed by atoms with E-state index >= 15 is 0 Å². The first-order chi connectivity index (χ1) is 8.99. The summed E-state index contributed by atoms with van der Waals surface area (Å²) >= 11 is 5.70. The van der Waals surface area contributed by atoms with Gasteiger partial charge in [-0.2, -0.15) is 0 Å². The number of anilines is 1. The molecule has 19 heavy (non-hydrogen) atoms. The third-order valence-corrected chi connectivity index (χ3v) is 3.32. The molecule has 4 nitrogen and oxygen atoms in total. The average Bonchev–Trinajstić information content (AvgIpc) is 2.40. The second-order valence-corrected chi connectivity index (χ2v) is 5.14. The van der Waals surface area contributed by atoms with Crippen LogP contribution >= 0.6 is 11.6 Å². The van der Waals surface area contributed by atoms with Crippen LogP contribution in [0.1, 0.15) is 30.9 Å². The fourth-order valence-corrected chi connectivity index (χ4v) is 1.93. The minimum absolute atomic E-state index is 0.0111. The van der Waals surface area contributed by atoms with Crippen LogP contribution in [0.15, 0.2) is 35.4 Å². The van der Waals surface area contributed by atoms with Gasteiger partial charge >= 0.3 is 0 Å². The average molecular weight is 278 g/mol. The Balaban J connectivity index is 2.27. The highest BCUT2D eigenvalue weighted by Crippen LogP contribution is 2.15. The van der Waals surface area contributed by atoms with Crippen molar-refractivity contribution in [3.8, 4) is 0 Å². The molecule has 0 radical (unpaired) electrons. The molecule has 1 heterocycles. The van der Waals surface area contributed by atoms with Crippen molar-refractivity contribution in [3.63, 3.8) is 0 Å². The van der Waals surface area contributed by atoms with E-state index in [-0.39, 0.29) is 16.4 Å². The molecule has 0 atom stereocenters. The first kappa shape index (κ1) is 13.6. The Morgan fingerprint density at radius 2 is 1.95 bits per heavy atom. The van der Waals surface area contributed by atoms with Crippen molar-refractivity contribution < 1.29 is 0 Å². The van der Waals surface area contributed by atoms with Crippen LogP contribution in [0, 0.1) is 0 Å². The van der Waals surface area contributed by atoms with Crippen molar-refractivity contribution in [2.45, 2.75) is 26.3 Å². The Hall–Kier alpha value is -1.81. The Bertz CT molecular complexity index is 632. The number of benzene rings is 1. The summed E-state index contributed by atoms with van der Waals surface area (Å²) in [5.41, 5.74) is 7.54. The van der Waals surface area contributed by atoms with Crippen LogP contribution in [0.4, 0.5) is 5.69 Å². The number of nitrogen functional groups attached to an aromatic ring is 1. The van der Waals surface area contributed by atoms with Crippen LogP contribution in [0.25, 0.3) is 0 Å². The SMILES string of the molecule is CC(C)c1ccc(Cn2cnc(Cl)c(N)c2=O)cc1. The molecule has 100 valence electrons. The van der Waals surface area contributed by atoms with Gasteiger partial charge in [-0.25, -0.2) is 4.98 Å². The second kappa shape index (κ2) is 5.45. The van der Waals surface area contributed by atoms with Crippen LogP contribution in [0.2, 0.25) is 5.15 Å². The first-order valence-electron chi connectivity index (χ1n) is 6.08. The number of nitrogens with two attached hydrogens (primary N) is 1. The van der Waals surface area contributed by atoms with E-state index in [9.17, 15) is 4.79 Å². The lowest BCUT2D eigenvalue weighted by molar-refractivity contribution is 0.738. The fraction of sp³-hybridized carbons (Fsp3) is 0.286. The maximum absolute atomic E-state index is 11.9. The topological polar surface area (TPSA) is 60.9 Å². The molecule has 1 aromatic heterocycles. The Labute approximate surface area is 116 Å². The third kappa shape index (κ3) is 2.96. The van der Waals surface area contributed by atoms with Gasteiger partial charge < -0.3 is 5.73 Å². The predicted molar refractivity (Wildman–Crippen MR) is 77.6 cm³/mol. The van der Waals surface area contributed by atoms with Gasteiger partial charge in [0.15, 0.2) is 5.15 Å². The van der Waals surface area contributed by atoms with Crippen LogP contribution in [-0.4, -0.2) is 9.55 Å². The standard InChI is InChI=1S/C14H16ClN3O/c1-9(2)11-5-3-10(4-6-11)7-18-8-17-13(15)12(16)14(18)19/h3-6,8-9H,7,16H2,1-2H3. The molecular weight excluding hydrogens is 262 g/mol. The van der Waals surface area contributed by atoms with Gasteiger partial charge in [0.25, 0.3) is 5.56 Å². The summed E-state index contributed by atoms with van der Waals surface area (Å²) in [6, 6.07) is 8.15. The highest BCUT2D eigenvalue weighted by atomic mass is 35.5. The minimum atomic E-state index is -0.312. The molecule has 0 saturated carbocycles. The molecule has 2 aromatic rings. The van der Waals surface area contributed by atoms with Crippen molar-refractivity contribution in [2.75, 3.05) is 5.73 Å². The largest absolute Gasteiger partial charge is 0.392 e. The lowest BCUT2D eigenvalue weighted by Crippen LogP contribution is -2.24. The maximum Gasteiger partial charge on any atom is 0.278 e. The maximum atomic E-state index is 11.9. The summed E-state index contributed by atoms with van der Waals surface area (Å²) in [6.07, 6.45) is 1.41. The molecular formula is C14H16ClN3O. The first-order valence-corrected chi connectivity index (χ1v) is 6.46. The number of rotatable bonds is 3. The van der Waals surface area contributed by atoms with Crippen molar-refractivity contribution in [3.05, 3.63) is 57.2 Å². The normalized spacial score (nSPS) is 10.9. The summed E-state index contributed by atoms with van der Waals surface area (Å²) in [7, 11) is 0. The van der Waals surface area contributed by atoms with Crippen LogP contribution < -0.4 is 11.3 Å². The van der Waals surface area contributed by atoms with E-state index < -0.39 is 0 Å². The summed E-state index contributed by atoms with van der Waals surface area (Å²) in [5.74, 6) is 0.490. The van der Waals surface area contributed by atoms with Gasteiger partial charge in [0.1, 0.15) is 5.69 Å². The van der Waals surface area contributed by atoms with Crippen LogP contribution in [0.3, 0.4) is 0 Å². The van der Waals surface area contributed by atoms with Gasteiger partial charge in [0.05, 0.1) is 12.9 Å². The zero-order chi connectivity index (χ0) is 14.0. The van der Waals surface area contributed by atoms with E-state index in [0.717, 1.165) is 5.56 Å². The Kier molecular flexibility index (Phi) is 3.90. The molecule has 0 spiro atoms. The van der Waals surface area contributed by atoms with Gasteiger partial charge in [0.2, 0.25) is 0 Å². The molecule has 2 N–H and O–H groups in total. The highest BCUT2D eigenvalue weighted by molar-refractivity contribution is 6.31. The third-order valence-electron chi connectivity index (χ3n) is 3.02. The van der Waals surface area contributed by atoms with Gasteiger partial charge in [-0.15, -0.1) is 0 Å². The molecule has 2 rings (SSSR count). The summed E-state index contributed by atoms with van der Waals surface area (Å²) in [5, 5.41) is 0.0522. The summed E-state index contributed by atoms with van der Waals surface area (Å²) in [6.45, 7) is 4.72. The smallest absolute Gasteiger partial charge is 0.278 e. The molecule has 5 heteroatoms. The van der Waals surface area contributed by atoms with E-state index in [1.54, 1.807) is 0 Å². The van der Waals surface area contributed by atoms with Gasteiger partial charge in [0, 0.05) is 0 Å². The Morgan fingerprint density at radius 3 is 2.53 bits per heavy atom. The molecule has 0 amide bonds. The summed E-state index contributed by atoms with van der Waals surface area (Å²) in [4.78, 5) is 15.8. The molecule has 0 aliphatic heterocycles. The van der Waals surface area contributed by atoms with Crippen LogP contribution in [-0.2, 0) is 6.54 Å². The second-order valence-electron chi connectivity index (χ2n) is 4.78. The van der Waals surface area contributed by atoms with E-state index in [2.05, 4.69) is 31.0 Å². The molecule has 0 aliphatic carbocycles. The van der Waals surface area contributed by atoms with Crippen molar-refractivity contribution in [1.29, 1.82) is 0 Å². The predicted octanol–water partition coefficient (Wildman–Crippen LogP) is 2.65. The zero-order valence-electron chi connectivity index (χ0n) is 10.9. The van der Waals surface area contributed by atoms with E-state index in [1.165, 1.54) is 16.5 Å². The zero-order valence-corrected chi connectivity index (χ0v) is 11.7. The molecule has 0 unspecified atom stereocenters. The van der Waals surface area contributed by atoms with E-state index in [1.807, 2.05) is 12.1 Å². The number of nitrogens with zero attached hydrogens (tertiary/aromatic N) is 2. The molecule has 0 fully saturated rings. The number of hydrogen-bond acceptors (Lipinski definition) is 3. The number of halogens is 1. The molecule has 0 bridgehead atoms. The quantitative estimate of drug-likeness (QED) is 0.878. The monoisotopic (exact) mass is 277 g/mol.